The Balaban J connectivity index is 2.02. The third-order valence-corrected chi connectivity index (χ3v) is 5.00. The molecule has 1 atom stereocenters. The summed E-state index contributed by atoms with van der Waals surface area (Å²) in [6.45, 7) is 0. The first-order valence-corrected chi connectivity index (χ1v) is 7.91. The smallest absolute Gasteiger partial charge is 0.242 e. The average molecular weight is 288 g/mol. The van der Waals surface area contributed by atoms with Gasteiger partial charge < -0.3 is 10.5 Å². The van der Waals surface area contributed by atoms with Gasteiger partial charge in [0.2, 0.25) is 5.91 Å². The van der Waals surface area contributed by atoms with Gasteiger partial charge in [0, 0.05) is 6.04 Å². The molecule has 0 saturated heterocycles. The van der Waals surface area contributed by atoms with Gasteiger partial charge in [-0.25, -0.2) is 0 Å². The molecule has 1 amide bonds. The van der Waals surface area contributed by atoms with Crippen molar-refractivity contribution in [2.24, 2.45) is 5.73 Å². The Morgan fingerprint density at radius 2 is 2.10 bits per heavy atom. The number of benzene rings is 1. The summed E-state index contributed by atoms with van der Waals surface area (Å²) in [6.07, 6.45) is 7.50. The summed E-state index contributed by atoms with van der Waals surface area (Å²) in [6, 6.07) is 6.42. The molecule has 1 fully saturated rings. The standard InChI is InChI=1S/C17H24N2O2/c1-21-14-9-8-12-5-4-10-17(16(18)20,15(12)11-14)19-13-6-2-3-7-13/h8-9,11,13,19H,2-7,10H2,1H3,(H2,18,20). The van der Waals surface area contributed by atoms with Crippen molar-refractivity contribution in [1.29, 1.82) is 0 Å². The van der Waals surface area contributed by atoms with Gasteiger partial charge in [-0.3, -0.25) is 10.1 Å². The zero-order valence-corrected chi connectivity index (χ0v) is 12.7. The van der Waals surface area contributed by atoms with Crippen LogP contribution in [0.5, 0.6) is 5.75 Å². The molecule has 0 heterocycles. The molecule has 4 nitrogen and oxygen atoms in total. The molecule has 114 valence electrons. The molecule has 2 aliphatic carbocycles. The van der Waals surface area contributed by atoms with Gasteiger partial charge in [0.25, 0.3) is 0 Å². The topological polar surface area (TPSA) is 64.3 Å². The quantitative estimate of drug-likeness (QED) is 0.893. The summed E-state index contributed by atoms with van der Waals surface area (Å²) in [4.78, 5) is 12.3. The van der Waals surface area contributed by atoms with Crippen LogP contribution in [0.1, 0.15) is 49.7 Å². The second-order valence-corrected chi connectivity index (χ2v) is 6.27. The lowest BCUT2D eigenvalue weighted by Crippen LogP contribution is -2.57. The van der Waals surface area contributed by atoms with E-state index in [-0.39, 0.29) is 5.91 Å². The minimum absolute atomic E-state index is 0.261. The van der Waals surface area contributed by atoms with Crippen molar-refractivity contribution in [2.45, 2.75) is 56.5 Å². The molecule has 0 spiro atoms. The van der Waals surface area contributed by atoms with Gasteiger partial charge in [-0.15, -0.1) is 0 Å². The first kappa shape index (κ1) is 14.4. The fourth-order valence-corrected chi connectivity index (χ4v) is 3.87. The normalized spacial score (nSPS) is 25.6. The van der Waals surface area contributed by atoms with Crippen LogP contribution in [0.3, 0.4) is 0 Å². The molecule has 1 unspecified atom stereocenters. The van der Waals surface area contributed by atoms with Gasteiger partial charge in [-0.2, -0.15) is 0 Å². The van der Waals surface area contributed by atoms with Crippen LogP contribution < -0.4 is 15.8 Å². The highest BCUT2D eigenvalue weighted by atomic mass is 16.5. The minimum atomic E-state index is -0.725. The van der Waals surface area contributed by atoms with E-state index in [1.807, 2.05) is 12.1 Å². The zero-order chi connectivity index (χ0) is 14.9. The first-order valence-electron chi connectivity index (χ1n) is 7.91. The van der Waals surface area contributed by atoms with Crippen LogP contribution >= 0.6 is 0 Å². The van der Waals surface area contributed by atoms with E-state index in [9.17, 15) is 4.79 Å². The molecular formula is C17H24N2O2. The monoisotopic (exact) mass is 288 g/mol. The fraction of sp³-hybridized carbons (Fsp3) is 0.588. The molecule has 3 rings (SSSR count). The number of nitrogens with two attached hydrogens (primary N) is 1. The lowest BCUT2D eigenvalue weighted by Gasteiger charge is -2.39. The molecule has 0 aliphatic heterocycles. The van der Waals surface area contributed by atoms with Crippen molar-refractivity contribution >= 4 is 5.91 Å². The molecule has 0 bridgehead atoms. The summed E-state index contributed by atoms with van der Waals surface area (Å²) >= 11 is 0. The molecule has 1 saturated carbocycles. The first-order chi connectivity index (χ1) is 10.2. The SMILES string of the molecule is COc1ccc2c(c1)C(NC1CCCC1)(C(N)=O)CCC2. The Hall–Kier alpha value is -1.55. The van der Waals surface area contributed by atoms with Gasteiger partial charge in [-0.05, 0) is 55.4 Å². The second-order valence-electron chi connectivity index (χ2n) is 6.27. The van der Waals surface area contributed by atoms with E-state index in [1.165, 1.54) is 18.4 Å². The molecule has 4 heteroatoms. The lowest BCUT2D eigenvalue weighted by atomic mass is 9.75. The number of hydrogen-bond donors (Lipinski definition) is 2. The molecule has 2 aliphatic rings. The van der Waals surface area contributed by atoms with Crippen LogP contribution in [0.25, 0.3) is 0 Å². The number of hydrogen-bond acceptors (Lipinski definition) is 3. The van der Waals surface area contributed by atoms with Crippen LogP contribution in [-0.2, 0) is 16.8 Å². The highest BCUT2D eigenvalue weighted by Crippen LogP contribution is 2.39. The number of amides is 1. The number of methoxy groups -OCH3 is 1. The summed E-state index contributed by atoms with van der Waals surface area (Å²) < 4.78 is 5.34. The van der Waals surface area contributed by atoms with E-state index < -0.39 is 5.54 Å². The average Bonchev–Trinajstić information content (AvgIpc) is 2.99. The van der Waals surface area contributed by atoms with Crippen LogP contribution in [0.2, 0.25) is 0 Å². The predicted octanol–water partition coefficient (Wildman–Crippen LogP) is 2.24. The molecule has 1 aromatic rings. The van der Waals surface area contributed by atoms with E-state index >= 15 is 0 Å². The second kappa shape index (κ2) is 5.68. The summed E-state index contributed by atoms with van der Waals surface area (Å²) in [5, 5.41) is 3.61. The molecule has 0 radical (unpaired) electrons. The molecular weight excluding hydrogens is 264 g/mol. The number of primary amides is 1. The highest BCUT2D eigenvalue weighted by Gasteiger charge is 2.43. The highest BCUT2D eigenvalue weighted by molar-refractivity contribution is 5.87. The molecule has 0 aromatic heterocycles. The van der Waals surface area contributed by atoms with Crippen molar-refractivity contribution in [2.75, 3.05) is 7.11 Å². The van der Waals surface area contributed by atoms with Gasteiger partial charge in [-0.1, -0.05) is 18.9 Å². The van der Waals surface area contributed by atoms with Crippen molar-refractivity contribution in [3.8, 4) is 5.75 Å². The zero-order valence-electron chi connectivity index (χ0n) is 12.7. The van der Waals surface area contributed by atoms with E-state index in [0.29, 0.717) is 6.04 Å². The number of carbonyl (C=O) groups is 1. The Morgan fingerprint density at radius 1 is 1.33 bits per heavy atom. The van der Waals surface area contributed by atoms with Gasteiger partial charge in [0.05, 0.1) is 7.11 Å². The number of fused-ring (bicyclic) bond motifs is 1. The van der Waals surface area contributed by atoms with Gasteiger partial charge >= 0.3 is 0 Å². The van der Waals surface area contributed by atoms with Gasteiger partial charge in [0.1, 0.15) is 11.3 Å². The Kier molecular flexibility index (Phi) is 3.89. The minimum Gasteiger partial charge on any atom is -0.497 e. The maximum absolute atomic E-state index is 12.3. The van der Waals surface area contributed by atoms with E-state index in [2.05, 4.69) is 11.4 Å². The van der Waals surface area contributed by atoms with E-state index in [0.717, 1.165) is 43.4 Å². The summed E-state index contributed by atoms with van der Waals surface area (Å²) in [5.74, 6) is 0.526. The van der Waals surface area contributed by atoms with Crippen LogP contribution in [0.15, 0.2) is 18.2 Å². The Labute approximate surface area is 126 Å². The van der Waals surface area contributed by atoms with Crippen molar-refractivity contribution < 1.29 is 9.53 Å². The van der Waals surface area contributed by atoms with Gasteiger partial charge in [0.15, 0.2) is 0 Å². The molecule has 3 N–H and O–H groups in total. The Morgan fingerprint density at radius 3 is 2.76 bits per heavy atom. The summed E-state index contributed by atoms with van der Waals surface area (Å²) in [5.41, 5.74) is 7.35. The third kappa shape index (κ3) is 2.53. The largest absolute Gasteiger partial charge is 0.497 e. The predicted molar refractivity (Wildman–Crippen MR) is 82.2 cm³/mol. The van der Waals surface area contributed by atoms with Crippen molar-refractivity contribution in [1.82, 2.24) is 5.32 Å². The van der Waals surface area contributed by atoms with E-state index in [1.54, 1.807) is 7.11 Å². The maximum atomic E-state index is 12.3. The number of rotatable bonds is 4. The number of carbonyl (C=O) groups excluding carboxylic acids is 1. The molecule has 21 heavy (non-hydrogen) atoms. The fourth-order valence-electron chi connectivity index (χ4n) is 3.87. The van der Waals surface area contributed by atoms with Crippen LogP contribution in [-0.4, -0.2) is 19.1 Å². The van der Waals surface area contributed by atoms with E-state index in [4.69, 9.17) is 10.5 Å². The number of nitrogens with one attached hydrogen (secondary N) is 1. The maximum Gasteiger partial charge on any atom is 0.242 e. The number of aryl methyl sites for hydroxylation is 1. The van der Waals surface area contributed by atoms with Crippen molar-refractivity contribution in [3.63, 3.8) is 0 Å². The Bertz CT molecular complexity index is 538. The van der Waals surface area contributed by atoms with Crippen LogP contribution in [0, 0.1) is 0 Å². The number of ether oxygens (including phenoxy) is 1. The van der Waals surface area contributed by atoms with Crippen molar-refractivity contribution in [3.05, 3.63) is 29.3 Å². The van der Waals surface area contributed by atoms with Crippen LogP contribution in [0.4, 0.5) is 0 Å². The third-order valence-electron chi connectivity index (χ3n) is 5.00. The molecule has 1 aromatic carbocycles. The lowest BCUT2D eigenvalue weighted by molar-refractivity contribution is -0.125. The summed E-state index contributed by atoms with van der Waals surface area (Å²) in [7, 11) is 1.65.